The van der Waals surface area contributed by atoms with E-state index in [4.69, 9.17) is 5.73 Å². The van der Waals surface area contributed by atoms with Crippen LogP contribution in [0.25, 0.3) is 11.1 Å². The average Bonchev–Trinajstić information content (AvgIpc) is 2.58. The van der Waals surface area contributed by atoms with Gasteiger partial charge in [-0.05, 0) is 25.5 Å². The highest BCUT2D eigenvalue weighted by Gasteiger charge is 2.14. The summed E-state index contributed by atoms with van der Waals surface area (Å²) in [7, 11) is 0. The molecule has 0 saturated carbocycles. The first-order valence-electron chi connectivity index (χ1n) is 5.02. The van der Waals surface area contributed by atoms with Crippen molar-refractivity contribution in [2.45, 2.75) is 13.8 Å². The van der Waals surface area contributed by atoms with E-state index in [1.807, 2.05) is 26.0 Å². The van der Waals surface area contributed by atoms with Crippen molar-refractivity contribution in [1.29, 1.82) is 0 Å². The van der Waals surface area contributed by atoms with Crippen molar-refractivity contribution >= 4 is 5.91 Å². The van der Waals surface area contributed by atoms with Crippen LogP contribution in [0.4, 0.5) is 0 Å². The van der Waals surface area contributed by atoms with E-state index < -0.39 is 5.91 Å². The summed E-state index contributed by atoms with van der Waals surface area (Å²) in [5, 5.41) is 7.02. The number of amides is 1. The number of carbonyl (C=O) groups excluding carboxylic acids is 1. The Morgan fingerprint density at radius 2 is 2.00 bits per heavy atom. The van der Waals surface area contributed by atoms with E-state index in [1.54, 1.807) is 12.1 Å². The first-order valence-corrected chi connectivity index (χ1v) is 5.02. The minimum atomic E-state index is -0.421. The number of primary amides is 1. The fourth-order valence-corrected chi connectivity index (χ4v) is 1.86. The van der Waals surface area contributed by atoms with E-state index >= 15 is 0 Å². The van der Waals surface area contributed by atoms with Crippen molar-refractivity contribution < 1.29 is 4.79 Å². The van der Waals surface area contributed by atoms with Gasteiger partial charge in [0.2, 0.25) is 5.91 Å². The summed E-state index contributed by atoms with van der Waals surface area (Å²) >= 11 is 0. The molecule has 1 amide bonds. The van der Waals surface area contributed by atoms with E-state index in [2.05, 4.69) is 10.2 Å². The van der Waals surface area contributed by atoms with Gasteiger partial charge in [0.05, 0.1) is 5.69 Å². The first kappa shape index (κ1) is 10.4. The van der Waals surface area contributed by atoms with Gasteiger partial charge in [-0.25, -0.2) is 0 Å². The Hall–Kier alpha value is -2.10. The number of aromatic amines is 1. The van der Waals surface area contributed by atoms with E-state index in [-0.39, 0.29) is 0 Å². The van der Waals surface area contributed by atoms with Crippen LogP contribution in [0.2, 0.25) is 0 Å². The second-order valence-electron chi connectivity index (χ2n) is 3.72. The fourth-order valence-electron chi connectivity index (χ4n) is 1.86. The predicted molar refractivity (Wildman–Crippen MR) is 62.0 cm³/mol. The van der Waals surface area contributed by atoms with Gasteiger partial charge in [0, 0.05) is 16.8 Å². The molecular weight excluding hydrogens is 202 g/mol. The molecule has 0 unspecified atom stereocenters. The zero-order valence-corrected chi connectivity index (χ0v) is 9.24. The topological polar surface area (TPSA) is 71.8 Å². The van der Waals surface area contributed by atoms with Gasteiger partial charge >= 0.3 is 0 Å². The average molecular weight is 215 g/mol. The van der Waals surface area contributed by atoms with Crippen LogP contribution in [0.1, 0.15) is 21.7 Å². The van der Waals surface area contributed by atoms with Crippen LogP contribution in [0.5, 0.6) is 0 Å². The van der Waals surface area contributed by atoms with Crippen LogP contribution < -0.4 is 5.73 Å². The molecule has 0 radical (unpaired) electrons. The lowest BCUT2D eigenvalue weighted by molar-refractivity contribution is 0.100. The van der Waals surface area contributed by atoms with Crippen molar-refractivity contribution in [2.24, 2.45) is 5.73 Å². The Kier molecular flexibility index (Phi) is 2.48. The lowest BCUT2D eigenvalue weighted by Crippen LogP contribution is -2.12. The smallest absolute Gasteiger partial charge is 0.249 e. The third-order valence-corrected chi connectivity index (χ3v) is 2.59. The lowest BCUT2D eigenvalue weighted by Gasteiger charge is -2.06. The summed E-state index contributed by atoms with van der Waals surface area (Å²) in [4.78, 5) is 11.3. The number of rotatable bonds is 2. The number of nitrogens with zero attached hydrogens (tertiary/aromatic N) is 1. The standard InChI is InChI=1S/C12H13N3O/c1-7-11(8(2)15-14-7)9-5-3-4-6-10(9)12(13)16/h3-6H,1-2H3,(H2,13,16)(H,14,15). The SMILES string of the molecule is Cc1n[nH]c(C)c1-c1ccccc1C(N)=O. The van der Waals surface area contributed by atoms with Crippen molar-refractivity contribution in [3.8, 4) is 11.1 Å². The summed E-state index contributed by atoms with van der Waals surface area (Å²) in [6, 6.07) is 7.29. The molecular formula is C12H13N3O. The van der Waals surface area contributed by atoms with Gasteiger partial charge in [-0.2, -0.15) is 5.10 Å². The highest BCUT2D eigenvalue weighted by molar-refractivity contribution is 6.00. The number of H-pyrrole nitrogens is 1. The predicted octanol–water partition coefficient (Wildman–Crippen LogP) is 1.79. The molecule has 0 spiro atoms. The Morgan fingerprint density at radius 1 is 1.31 bits per heavy atom. The van der Waals surface area contributed by atoms with Gasteiger partial charge in [0.15, 0.2) is 0 Å². The Bertz CT molecular complexity index is 523. The normalized spacial score (nSPS) is 10.4. The van der Waals surface area contributed by atoms with Gasteiger partial charge in [-0.15, -0.1) is 0 Å². The van der Waals surface area contributed by atoms with Gasteiger partial charge in [-0.3, -0.25) is 9.89 Å². The van der Waals surface area contributed by atoms with E-state index in [0.717, 1.165) is 22.5 Å². The van der Waals surface area contributed by atoms with Crippen LogP contribution >= 0.6 is 0 Å². The Labute approximate surface area is 93.5 Å². The molecule has 0 aliphatic carbocycles. The van der Waals surface area contributed by atoms with Crippen LogP contribution in [-0.2, 0) is 0 Å². The first-order chi connectivity index (χ1) is 7.61. The maximum atomic E-state index is 11.3. The molecule has 4 nitrogen and oxygen atoms in total. The van der Waals surface area contributed by atoms with E-state index in [0.29, 0.717) is 5.56 Å². The highest BCUT2D eigenvalue weighted by Crippen LogP contribution is 2.28. The minimum Gasteiger partial charge on any atom is -0.366 e. The van der Waals surface area contributed by atoms with Crippen LogP contribution in [0.3, 0.4) is 0 Å². The molecule has 1 aromatic carbocycles. The molecule has 0 saturated heterocycles. The van der Waals surface area contributed by atoms with Gasteiger partial charge in [-0.1, -0.05) is 18.2 Å². The Morgan fingerprint density at radius 3 is 2.56 bits per heavy atom. The molecule has 2 rings (SSSR count). The third kappa shape index (κ3) is 1.58. The van der Waals surface area contributed by atoms with Crippen LogP contribution in [-0.4, -0.2) is 16.1 Å². The quantitative estimate of drug-likeness (QED) is 0.801. The monoisotopic (exact) mass is 215 g/mol. The number of benzene rings is 1. The minimum absolute atomic E-state index is 0.421. The molecule has 4 heteroatoms. The lowest BCUT2D eigenvalue weighted by atomic mass is 9.98. The number of nitrogens with two attached hydrogens (primary N) is 1. The van der Waals surface area contributed by atoms with E-state index in [9.17, 15) is 4.79 Å². The van der Waals surface area contributed by atoms with E-state index in [1.165, 1.54) is 0 Å². The molecule has 0 fully saturated rings. The summed E-state index contributed by atoms with van der Waals surface area (Å²) in [5.74, 6) is -0.421. The maximum Gasteiger partial charge on any atom is 0.249 e. The van der Waals surface area contributed by atoms with Gasteiger partial charge < -0.3 is 5.73 Å². The summed E-state index contributed by atoms with van der Waals surface area (Å²) in [5.41, 5.74) is 9.46. The van der Waals surface area contributed by atoms with Gasteiger partial charge in [0.1, 0.15) is 0 Å². The zero-order valence-electron chi connectivity index (χ0n) is 9.24. The van der Waals surface area contributed by atoms with Crippen molar-refractivity contribution in [3.63, 3.8) is 0 Å². The third-order valence-electron chi connectivity index (χ3n) is 2.59. The van der Waals surface area contributed by atoms with Crippen LogP contribution in [0, 0.1) is 13.8 Å². The molecule has 3 N–H and O–H groups in total. The molecule has 0 bridgehead atoms. The summed E-state index contributed by atoms with van der Waals surface area (Å²) in [6.45, 7) is 3.82. The summed E-state index contributed by atoms with van der Waals surface area (Å²) < 4.78 is 0. The van der Waals surface area contributed by atoms with Crippen LogP contribution in [0.15, 0.2) is 24.3 Å². The van der Waals surface area contributed by atoms with Crippen molar-refractivity contribution in [1.82, 2.24) is 10.2 Å². The number of carbonyl (C=O) groups is 1. The molecule has 1 heterocycles. The zero-order chi connectivity index (χ0) is 11.7. The maximum absolute atomic E-state index is 11.3. The Balaban J connectivity index is 2.69. The second kappa shape index (κ2) is 3.81. The number of hydrogen-bond donors (Lipinski definition) is 2. The van der Waals surface area contributed by atoms with Gasteiger partial charge in [0.25, 0.3) is 0 Å². The fraction of sp³-hybridized carbons (Fsp3) is 0.167. The van der Waals surface area contributed by atoms with Crippen molar-refractivity contribution in [2.75, 3.05) is 0 Å². The molecule has 0 aliphatic rings. The largest absolute Gasteiger partial charge is 0.366 e. The summed E-state index contributed by atoms with van der Waals surface area (Å²) in [6.07, 6.45) is 0. The number of hydrogen-bond acceptors (Lipinski definition) is 2. The molecule has 82 valence electrons. The molecule has 0 aliphatic heterocycles. The van der Waals surface area contributed by atoms with Crippen molar-refractivity contribution in [3.05, 3.63) is 41.2 Å². The molecule has 1 aromatic heterocycles. The number of nitrogens with one attached hydrogen (secondary N) is 1. The number of aryl methyl sites for hydroxylation is 2. The second-order valence-corrected chi connectivity index (χ2v) is 3.72. The highest BCUT2D eigenvalue weighted by atomic mass is 16.1. The molecule has 0 atom stereocenters. The molecule has 16 heavy (non-hydrogen) atoms. The molecule has 2 aromatic rings. The number of aromatic nitrogens is 2.